The molecule has 0 fully saturated rings. The van der Waals surface area contributed by atoms with E-state index >= 15 is 0 Å². The molecule has 12 heteroatoms. The van der Waals surface area contributed by atoms with Crippen molar-refractivity contribution in [3.8, 4) is 0 Å². The van der Waals surface area contributed by atoms with Crippen molar-refractivity contribution < 1.29 is 52.7 Å². The summed E-state index contributed by atoms with van der Waals surface area (Å²) >= 11 is 0. The summed E-state index contributed by atoms with van der Waals surface area (Å²) in [6.07, 6.45) is -13.1. The van der Waals surface area contributed by atoms with Crippen molar-refractivity contribution in [2.45, 2.75) is 18.8 Å². The van der Waals surface area contributed by atoms with Crippen LogP contribution >= 0.6 is 0 Å². The molecule has 2 aromatic rings. The molecule has 0 N–H and O–H groups in total. The third-order valence-electron chi connectivity index (χ3n) is 3.45. The van der Waals surface area contributed by atoms with Crippen molar-refractivity contribution in [3.63, 3.8) is 0 Å². The van der Waals surface area contributed by atoms with Crippen LogP contribution in [0.5, 0.6) is 0 Å². The lowest BCUT2D eigenvalue weighted by Crippen LogP contribution is -2.17. The topological polar surface area (TPSA) is 0 Å². The zero-order valence-corrected chi connectivity index (χ0v) is 12.4. The van der Waals surface area contributed by atoms with Gasteiger partial charge in [-0.15, -0.1) is 0 Å². The summed E-state index contributed by atoms with van der Waals surface area (Å²) in [5, 5.41) is 0. The van der Waals surface area contributed by atoms with Gasteiger partial charge in [0.05, 0.1) is 0 Å². The van der Waals surface area contributed by atoms with Gasteiger partial charge in [-0.1, -0.05) is 0 Å². The van der Waals surface area contributed by atoms with E-state index in [0.717, 1.165) is 0 Å². The minimum absolute atomic E-state index is 0.439. The van der Waals surface area contributed by atoms with Crippen LogP contribution < -0.4 is 0 Å². The smallest absolute Gasteiger partial charge is 0.206 e. The fourth-order valence-corrected chi connectivity index (χ4v) is 2.28. The van der Waals surface area contributed by atoms with E-state index in [1.807, 2.05) is 0 Å². The number of benzene rings is 2. The Morgan fingerprint density at radius 1 is 0.519 bits per heavy atom. The van der Waals surface area contributed by atoms with Crippen LogP contribution in [-0.2, 0) is 18.8 Å². The van der Waals surface area contributed by atoms with E-state index in [2.05, 4.69) is 0 Å². The Hall–Kier alpha value is -2.40. The second kappa shape index (κ2) is 6.64. The molecular formula is C15H4F12. The van der Waals surface area contributed by atoms with Crippen LogP contribution in [-0.4, -0.2) is 0 Å². The molecule has 27 heavy (non-hydrogen) atoms. The summed E-state index contributed by atoms with van der Waals surface area (Å²) in [5.74, 6) is -14.0. The van der Waals surface area contributed by atoms with Gasteiger partial charge in [0.15, 0.2) is 0 Å². The first-order valence-corrected chi connectivity index (χ1v) is 6.63. The number of hydrogen-bond acceptors (Lipinski definition) is 0. The minimum atomic E-state index is -5.67. The van der Waals surface area contributed by atoms with Gasteiger partial charge in [0, 0.05) is 29.7 Å². The maximum Gasteiger partial charge on any atom is 0.422 e. The molecule has 0 aliphatic carbocycles. The van der Waals surface area contributed by atoms with Crippen LogP contribution in [0, 0.1) is 34.9 Å². The zero-order valence-electron chi connectivity index (χ0n) is 12.4. The molecule has 0 nitrogen and oxygen atoms in total. The van der Waals surface area contributed by atoms with Crippen LogP contribution in [0.4, 0.5) is 52.7 Å². The third-order valence-corrected chi connectivity index (χ3v) is 3.45. The van der Waals surface area contributed by atoms with Gasteiger partial charge in [-0.05, 0) is 0 Å². The molecule has 2 aromatic carbocycles. The first-order valence-electron chi connectivity index (χ1n) is 6.63. The number of rotatable bonds is 2. The van der Waals surface area contributed by atoms with Crippen LogP contribution in [0.2, 0.25) is 0 Å². The molecule has 0 atom stereocenters. The van der Waals surface area contributed by atoms with Gasteiger partial charge in [0.1, 0.15) is 46.0 Å². The Balaban J connectivity index is 2.72. The molecule has 0 bridgehead atoms. The SMILES string of the molecule is Fc1cc(F)c(C(F)(F)F)c(F)c1Cc1c(F)cc(F)c(C(F)(F)F)c1F. The van der Waals surface area contributed by atoms with E-state index in [-0.39, 0.29) is 0 Å². The highest BCUT2D eigenvalue weighted by molar-refractivity contribution is 5.38. The second-order valence-corrected chi connectivity index (χ2v) is 5.19. The largest absolute Gasteiger partial charge is 0.422 e. The van der Waals surface area contributed by atoms with Crippen molar-refractivity contribution in [2.75, 3.05) is 0 Å². The van der Waals surface area contributed by atoms with Crippen molar-refractivity contribution in [1.29, 1.82) is 0 Å². The van der Waals surface area contributed by atoms with Gasteiger partial charge in [-0.3, -0.25) is 0 Å². The standard InChI is InChI=1S/C15H4F12/c16-6-2-8(18)10(14(22,23)24)12(20)4(6)1-5-7(17)3-9(19)11(13(5)21)15(25,26)27/h2-3H,1H2. The molecule has 0 heterocycles. The molecular weight excluding hydrogens is 408 g/mol. The highest BCUT2D eigenvalue weighted by Crippen LogP contribution is 2.39. The predicted octanol–water partition coefficient (Wildman–Crippen LogP) is 6.15. The number of halogens is 12. The summed E-state index contributed by atoms with van der Waals surface area (Å²) in [5.41, 5.74) is -8.70. The van der Waals surface area contributed by atoms with Gasteiger partial charge in [0.2, 0.25) is 0 Å². The molecule has 148 valence electrons. The van der Waals surface area contributed by atoms with Gasteiger partial charge in [0.25, 0.3) is 0 Å². The summed E-state index contributed by atoms with van der Waals surface area (Å²) < 4.78 is 157. The van der Waals surface area contributed by atoms with E-state index in [0.29, 0.717) is 0 Å². The highest BCUT2D eigenvalue weighted by atomic mass is 19.4. The van der Waals surface area contributed by atoms with E-state index in [4.69, 9.17) is 0 Å². The Labute approximate surface area is 142 Å². The third kappa shape index (κ3) is 3.83. The Kier molecular flexibility index (Phi) is 5.14. The van der Waals surface area contributed by atoms with Gasteiger partial charge >= 0.3 is 12.4 Å². The first-order chi connectivity index (χ1) is 12.2. The quantitative estimate of drug-likeness (QED) is 0.520. The fourth-order valence-electron chi connectivity index (χ4n) is 2.28. The molecule has 2 rings (SSSR count). The fraction of sp³-hybridized carbons (Fsp3) is 0.200. The second-order valence-electron chi connectivity index (χ2n) is 5.19. The van der Waals surface area contributed by atoms with Crippen molar-refractivity contribution in [3.05, 3.63) is 69.3 Å². The normalized spacial score (nSPS) is 12.6. The van der Waals surface area contributed by atoms with Crippen LogP contribution in [0.3, 0.4) is 0 Å². The highest BCUT2D eigenvalue weighted by Gasteiger charge is 2.42. The molecule has 0 saturated heterocycles. The minimum Gasteiger partial charge on any atom is -0.206 e. The first kappa shape index (κ1) is 20.9. The number of hydrogen-bond donors (Lipinski definition) is 0. The zero-order chi connectivity index (χ0) is 20.9. The predicted molar refractivity (Wildman–Crippen MR) is 65.4 cm³/mol. The molecule has 0 radical (unpaired) electrons. The molecule has 0 aliphatic rings. The Morgan fingerprint density at radius 2 is 0.815 bits per heavy atom. The molecule has 0 aliphatic heterocycles. The van der Waals surface area contributed by atoms with Crippen LogP contribution in [0.15, 0.2) is 12.1 Å². The lowest BCUT2D eigenvalue weighted by molar-refractivity contribution is -0.143. The lowest BCUT2D eigenvalue weighted by atomic mass is 9.97. The van der Waals surface area contributed by atoms with E-state index in [1.54, 1.807) is 0 Å². The maximum atomic E-state index is 13.9. The summed E-state index contributed by atoms with van der Waals surface area (Å²) in [6.45, 7) is 0. The number of alkyl halides is 6. The lowest BCUT2D eigenvalue weighted by Gasteiger charge is -2.16. The van der Waals surface area contributed by atoms with Crippen LogP contribution in [0.1, 0.15) is 22.3 Å². The van der Waals surface area contributed by atoms with Gasteiger partial charge in [-0.2, -0.15) is 26.3 Å². The van der Waals surface area contributed by atoms with Crippen LogP contribution in [0.25, 0.3) is 0 Å². The molecule has 0 amide bonds. The molecule has 0 aromatic heterocycles. The van der Waals surface area contributed by atoms with Crippen molar-refractivity contribution >= 4 is 0 Å². The average Bonchev–Trinajstić information content (AvgIpc) is 2.41. The summed E-state index contributed by atoms with van der Waals surface area (Å²) in [4.78, 5) is 0. The monoisotopic (exact) mass is 412 g/mol. The van der Waals surface area contributed by atoms with E-state index in [1.165, 1.54) is 0 Å². The summed E-state index contributed by atoms with van der Waals surface area (Å²) in [6, 6.07) is -0.878. The van der Waals surface area contributed by atoms with Gasteiger partial charge in [-0.25, -0.2) is 26.3 Å². The molecule has 0 unspecified atom stereocenters. The molecule has 0 spiro atoms. The summed E-state index contributed by atoms with van der Waals surface area (Å²) in [7, 11) is 0. The van der Waals surface area contributed by atoms with Crippen molar-refractivity contribution in [1.82, 2.24) is 0 Å². The maximum absolute atomic E-state index is 13.9. The van der Waals surface area contributed by atoms with Crippen molar-refractivity contribution in [2.24, 2.45) is 0 Å². The average molecular weight is 412 g/mol. The van der Waals surface area contributed by atoms with E-state index in [9.17, 15) is 52.7 Å². The van der Waals surface area contributed by atoms with E-state index < -0.39 is 88.1 Å². The Bertz CT molecular complexity index is 818. The molecule has 0 saturated carbocycles. The Morgan fingerprint density at radius 3 is 1.07 bits per heavy atom. The van der Waals surface area contributed by atoms with Gasteiger partial charge < -0.3 is 0 Å².